The zero-order valence-corrected chi connectivity index (χ0v) is 20.1. The van der Waals surface area contributed by atoms with E-state index in [1.807, 2.05) is 12.3 Å². The number of hydrogen-bond acceptors (Lipinski definition) is 2. The molecule has 0 fully saturated rings. The lowest BCUT2D eigenvalue weighted by molar-refractivity contribution is 0.565. The van der Waals surface area contributed by atoms with Gasteiger partial charge in [-0.1, -0.05) is 89.7 Å². The van der Waals surface area contributed by atoms with Gasteiger partial charge < -0.3 is 0 Å². The number of benzene rings is 3. The molecule has 2 heteroatoms. The molecule has 156 valence electrons. The lowest BCUT2D eigenvalue weighted by atomic mass is 9.77. The topological polar surface area (TPSA) is 12.4 Å². The molecule has 3 aromatic rings. The maximum Gasteiger partial charge on any atom is 0.0769 e. The van der Waals surface area contributed by atoms with Gasteiger partial charge in [0.1, 0.15) is 0 Å². The molecule has 0 atom stereocenters. The van der Waals surface area contributed by atoms with Gasteiger partial charge in [0, 0.05) is 16.0 Å². The van der Waals surface area contributed by atoms with Gasteiger partial charge in [-0.3, -0.25) is 4.99 Å². The van der Waals surface area contributed by atoms with Gasteiger partial charge in [0.25, 0.3) is 0 Å². The molecule has 0 spiro atoms. The lowest BCUT2D eigenvalue weighted by Gasteiger charge is -2.28. The van der Waals surface area contributed by atoms with E-state index in [0.717, 1.165) is 5.69 Å². The summed E-state index contributed by atoms with van der Waals surface area (Å²) in [6, 6.07) is 23.5. The molecule has 0 aliphatic carbocycles. The fraction of sp³-hybridized carbons (Fsp3) is 0.321. The zero-order valence-electron chi connectivity index (χ0n) is 19.3. The highest BCUT2D eigenvalue weighted by atomic mass is 32.2. The minimum atomic E-state index is 0.0923. The molecule has 0 aliphatic rings. The number of rotatable bonds is 4. The third-order valence-corrected chi connectivity index (χ3v) is 6.37. The Morgan fingerprint density at radius 2 is 1.40 bits per heavy atom. The quantitative estimate of drug-likeness (QED) is 0.389. The number of para-hydroxylation sites is 1. The number of aliphatic imine (C=N–C) groups is 1. The van der Waals surface area contributed by atoms with Crippen LogP contribution in [0.5, 0.6) is 0 Å². The average Bonchev–Trinajstić information content (AvgIpc) is 2.67. The molecule has 0 heterocycles. The smallest absolute Gasteiger partial charge is 0.0769 e. The SMILES string of the molecule is Cc1c(C=Nc2ccccc2Sc2ccccc2)cc(C(C)(C)C)cc1C(C)(C)C. The van der Waals surface area contributed by atoms with E-state index in [2.05, 4.69) is 109 Å². The van der Waals surface area contributed by atoms with E-state index in [4.69, 9.17) is 4.99 Å². The van der Waals surface area contributed by atoms with Crippen LogP contribution in [-0.2, 0) is 10.8 Å². The van der Waals surface area contributed by atoms with Crippen LogP contribution in [0.15, 0.2) is 81.5 Å². The first kappa shape index (κ1) is 22.4. The van der Waals surface area contributed by atoms with E-state index in [1.54, 1.807) is 11.8 Å². The summed E-state index contributed by atoms with van der Waals surface area (Å²) in [5, 5.41) is 0. The molecule has 0 aromatic heterocycles. The van der Waals surface area contributed by atoms with Crippen molar-refractivity contribution in [2.24, 2.45) is 4.99 Å². The van der Waals surface area contributed by atoms with Gasteiger partial charge in [0.15, 0.2) is 0 Å². The van der Waals surface area contributed by atoms with Gasteiger partial charge >= 0.3 is 0 Å². The van der Waals surface area contributed by atoms with Gasteiger partial charge in [-0.25, -0.2) is 0 Å². The van der Waals surface area contributed by atoms with Gasteiger partial charge in [-0.2, -0.15) is 0 Å². The van der Waals surface area contributed by atoms with Crippen LogP contribution in [0.25, 0.3) is 0 Å². The van der Waals surface area contributed by atoms with Crippen LogP contribution in [0, 0.1) is 6.92 Å². The van der Waals surface area contributed by atoms with Gasteiger partial charge in [0.05, 0.1) is 5.69 Å². The van der Waals surface area contributed by atoms with E-state index in [0.29, 0.717) is 0 Å². The largest absolute Gasteiger partial charge is 0.255 e. The molecule has 0 bridgehead atoms. The Morgan fingerprint density at radius 3 is 2.03 bits per heavy atom. The van der Waals surface area contributed by atoms with E-state index < -0.39 is 0 Å². The van der Waals surface area contributed by atoms with Crippen LogP contribution in [0.4, 0.5) is 5.69 Å². The van der Waals surface area contributed by atoms with Crippen molar-refractivity contribution >= 4 is 23.7 Å². The molecule has 0 saturated heterocycles. The Bertz CT molecular complexity index is 1030. The van der Waals surface area contributed by atoms with Gasteiger partial charge in [0.2, 0.25) is 0 Å². The molecular weight excluding hydrogens is 382 g/mol. The van der Waals surface area contributed by atoms with Gasteiger partial charge in [-0.15, -0.1) is 0 Å². The monoisotopic (exact) mass is 415 g/mol. The standard InChI is InChI=1S/C28H33NS/c1-20-21(17-22(27(2,3)4)18-24(20)28(5,6)7)19-29-25-15-11-12-16-26(25)30-23-13-9-8-10-14-23/h8-19H,1-7H3. The molecule has 0 N–H and O–H groups in total. The maximum atomic E-state index is 4.93. The maximum absolute atomic E-state index is 4.93. The first-order valence-electron chi connectivity index (χ1n) is 10.6. The van der Waals surface area contributed by atoms with E-state index in [1.165, 1.54) is 32.0 Å². The van der Waals surface area contributed by atoms with E-state index in [9.17, 15) is 0 Å². The van der Waals surface area contributed by atoms with Crippen molar-refractivity contribution in [1.82, 2.24) is 0 Å². The summed E-state index contributed by atoms with van der Waals surface area (Å²) in [5.41, 5.74) is 6.45. The number of hydrogen-bond donors (Lipinski definition) is 0. The fourth-order valence-electron chi connectivity index (χ4n) is 3.49. The summed E-state index contributed by atoms with van der Waals surface area (Å²) in [6.45, 7) is 15.9. The van der Waals surface area contributed by atoms with Crippen molar-refractivity contribution in [2.45, 2.75) is 69.1 Å². The molecule has 1 nitrogen and oxygen atoms in total. The van der Waals surface area contributed by atoms with Crippen molar-refractivity contribution < 1.29 is 0 Å². The molecule has 0 unspecified atom stereocenters. The van der Waals surface area contributed by atoms with Crippen molar-refractivity contribution in [3.8, 4) is 0 Å². The predicted octanol–water partition coefficient (Wildman–Crippen LogP) is 8.49. The average molecular weight is 416 g/mol. The Hall–Kier alpha value is -2.32. The Morgan fingerprint density at radius 1 is 0.767 bits per heavy atom. The molecule has 3 aromatic carbocycles. The normalized spacial score (nSPS) is 12.5. The van der Waals surface area contributed by atoms with Crippen LogP contribution in [0.2, 0.25) is 0 Å². The van der Waals surface area contributed by atoms with Crippen LogP contribution < -0.4 is 0 Å². The van der Waals surface area contributed by atoms with Crippen molar-refractivity contribution in [2.75, 3.05) is 0 Å². The first-order valence-corrected chi connectivity index (χ1v) is 11.4. The minimum Gasteiger partial charge on any atom is -0.255 e. The van der Waals surface area contributed by atoms with E-state index in [-0.39, 0.29) is 10.8 Å². The predicted molar refractivity (Wildman–Crippen MR) is 133 cm³/mol. The summed E-state index contributed by atoms with van der Waals surface area (Å²) in [7, 11) is 0. The summed E-state index contributed by atoms with van der Waals surface area (Å²) >= 11 is 1.75. The summed E-state index contributed by atoms with van der Waals surface area (Å²) in [4.78, 5) is 7.32. The Balaban J connectivity index is 2.03. The van der Waals surface area contributed by atoms with Crippen molar-refractivity contribution in [3.05, 3.63) is 89.0 Å². The highest BCUT2D eigenvalue weighted by Crippen LogP contribution is 2.36. The molecule has 0 amide bonds. The molecule has 3 rings (SSSR count). The third-order valence-electron chi connectivity index (χ3n) is 5.30. The summed E-state index contributed by atoms with van der Waals surface area (Å²) in [6.07, 6.45) is 2.05. The van der Waals surface area contributed by atoms with Crippen LogP contribution >= 0.6 is 11.8 Å². The highest BCUT2D eigenvalue weighted by Gasteiger charge is 2.22. The third kappa shape index (κ3) is 5.43. The van der Waals surface area contributed by atoms with Crippen molar-refractivity contribution in [3.63, 3.8) is 0 Å². The Kier molecular flexibility index (Phi) is 6.57. The molecular formula is C28H33NS. The second-order valence-electron chi connectivity index (χ2n) is 9.88. The number of nitrogens with zero attached hydrogens (tertiary/aromatic N) is 1. The van der Waals surface area contributed by atoms with E-state index >= 15 is 0 Å². The fourth-order valence-corrected chi connectivity index (χ4v) is 4.41. The molecule has 0 radical (unpaired) electrons. The molecule has 30 heavy (non-hydrogen) atoms. The summed E-state index contributed by atoms with van der Waals surface area (Å²) < 4.78 is 0. The first-order chi connectivity index (χ1) is 14.1. The minimum absolute atomic E-state index is 0.0923. The van der Waals surface area contributed by atoms with Crippen LogP contribution in [-0.4, -0.2) is 6.21 Å². The Labute approximate surface area is 186 Å². The second-order valence-corrected chi connectivity index (χ2v) is 11.0. The molecule has 0 aliphatic heterocycles. The van der Waals surface area contributed by atoms with Gasteiger partial charge in [-0.05, 0) is 70.3 Å². The molecule has 0 saturated carbocycles. The van der Waals surface area contributed by atoms with Crippen molar-refractivity contribution in [1.29, 1.82) is 0 Å². The highest BCUT2D eigenvalue weighted by molar-refractivity contribution is 7.99. The lowest BCUT2D eigenvalue weighted by Crippen LogP contribution is -2.19. The van der Waals surface area contributed by atoms with Crippen LogP contribution in [0.3, 0.4) is 0 Å². The zero-order chi connectivity index (χ0) is 21.9. The second kappa shape index (κ2) is 8.81. The van der Waals surface area contributed by atoms with Crippen LogP contribution in [0.1, 0.15) is 63.8 Å². The summed E-state index contributed by atoms with van der Waals surface area (Å²) in [5.74, 6) is 0.